The van der Waals surface area contributed by atoms with E-state index < -0.39 is 129 Å². The first-order valence-electron chi connectivity index (χ1n) is 16.1. The van der Waals surface area contributed by atoms with Crippen LogP contribution in [0.5, 0.6) is 0 Å². The predicted molar refractivity (Wildman–Crippen MR) is 161 cm³/mol. The van der Waals surface area contributed by atoms with Gasteiger partial charge in [-0.3, -0.25) is 4.79 Å². The van der Waals surface area contributed by atoms with E-state index in [0.717, 1.165) is 0 Å². The van der Waals surface area contributed by atoms with E-state index >= 15 is 0 Å². The standard InChI is InChI=1S/C31H50O18/c1-12-7-14(35)8-30(3,4)31(12,43)6-5-13(2)44-28-24(42)25(20(38)17(11-34)46-28)48-29-26(22(40)19(37)16(10-33)47-29)49-27-23(41)21(39)18(36)15(9-32)45-27/h5-7,13,15-29,32-34,36-43H,8-11H2,1-4H3. The molecule has 0 saturated carbocycles. The molecular formula is C31H50O18. The Hall–Kier alpha value is -1.53. The third kappa shape index (κ3) is 8.11. The maximum Gasteiger partial charge on any atom is 0.187 e. The molecule has 11 N–H and O–H groups in total. The maximum absolute atomic E-state index is 12.1. The lowest BCUT2D eigenvalue weighted by Crippen LogP contribution is -2.67. The second kappa shape index (κ2) is 16.0. The zero-order valence-corrected chi connectivity index (χ0v) is 27.6. The lowest BCUT2D eigenvalue weighted by molar-refractivity contribution is -0.389. The number of hydrogen-bond acceptors (Lipinski definition) is 18. The Bertz CT molecular complexity index is 1180. The van der Waals surface area contributed by atoms with E-state index in [-0.39, 0.29) is 12.2 Å². The molecule has 18 nitrogen and oxygen atoms in total. The fourth-order valence-corrected chi connectivity index (χ4v) is 6.52. The van der Waals surface area contributed by atoms with Gasteiger partial charge < -0.3 is 84.6 Å². The number of rotatable bonds is 11. The predicted octanol–water partition coefficient (Wildman–Crippen LogP) is -4.93. The number of ketones is 1. The largest absolute Gasteiger partial charge is 0.394 e. The Kier molecular flexibility index (Phi) is 13.1. The summed E-state index contributed by atoms with van der Waals surface area (Å²) in [6, 6.07) is 0. The second-order valence-corrected chi connectivity index (χ2v) is 13.6. The average Bonchev–Trinajstić information content (AvgIpc) is 3.05. The highest BCUT2D eigenvalue weighted by molar-refractivity contribution is 5.92. The topological polar surface area (TPSA) is 295 Å². The number of hydrogen-bond donors (Lipinski definition) is 11. The number of aliphatic hydroxyl groups is 11. The molecule has 282 valence electrons. The number of allylic oxidation sites excluding steroid dienone is 1. The molecule has 49 heavy (non-hydrogen) atoms. The summed E-state index contributed by atoms with van der Waals surface area (Å²) < 4.78 is 33.9. The van der Waals surface area contributed by atoms with Crippen molar-refractivity contribution in [3.63, 3.8) is 0 Å². The van der Waals surface area contributed by atoms with Gasteiger partial charge in [-0.05, 0) is 31.6 Å². The maximum atomic E-state index is 12.1. The number of carbonyl (C=O) groups excluding carboxylic acids is 1. The Morgan fingerprint density at radius 2 is 1.27 bits per heavy atom. The van der Waals surface area contributed by atoms with Crippen LogP contribution in [-0.2, 0) is 33.2 Å². The van der Waals surface area contributed by atoms with Gasteiger partial charge in [-0.15, -0.1) is 0 Å². The van der Waals surface area contributed by atoms with Crippen LogP contribution in [0, 0.1) is 5.41 Å². The van der Waals surface area contributed by atoms with E-state index in [1.807, 2.05) is 0 Å². The highest BCUT2D eigenvalue weighted by Crippen LogP contribution is 2.44. The molecule has 0 aromatic carbocycles. The summed E-state index contributed by atoms with van der Waals surface area (Å²) in [5.41, 5.74) is -1.95. The van der Waals surface area contributed by atoms with Crippen molar-refractivity contribution < 1.29 is 89.4 Å². The van der Waals surface area contributed by atoms with Crippen LogP contribution in [0.4, 0.5) is 0 Å². The Balaban J connectivity index is 1.55. The molecule has 4 rings (SSSR count). The molecule has 0 aromatic heterocycles. The average molecular weight is 711 g/mol. The molecule has 0 bridgehead atoms. The molecule has 17 unspecified atom stereocenters. The Morgan fingerprint density at radius 1 is 0.755 bits per heavy atom. The van der Waals surface area contributed by atoms with Gasteiger partial charge in [-0.2, -0.15) is 0 Å². The van der Waals surface area contributed by atoms with Crippen molar-refractivity contribution in [2.24, 2.45) is 5.41 Å². The highest BCUT2D eigenvalue weighted by Gasteiger charge is 2.54. The van der Waals surface area contributed by atoms with E-state index in [9.17, 15) is 61.0 Å². The molecule has 0 aromatic rings. The van der Waals surface area contributed by atoms with E-state index in [4.69, 9.17) is 28.4 Å². The van der Waals surface area contributed by atoms with E-state index in [1.54, 1.807) is 27.7 Å². The van der Waals surface area contributed by atoms with Crippen molar-refractivity contribution in [3.8, 4) is 0 Å². The molecule has 0 radical (unpaired) electrons. The van der Waals surface area contributed by atoms with Crippen molar-refractivity contribution in [2.75, 3.05) is 19.8 Å². The first-order chi connectivity index (χ1) is 22.9. The molecule has 3 saturated heterocycles. The number of carbonyl (C=O) groups is 1. The van der Waals surface area contributed by atoms with Crippen LogP contribution in [0.15, 0.2) is 23.8 Å². The van der Waals surface area contributed by atoms with Crippen LogP contribution in [0.3, 0.4) is 0 Å². The summed E-state index contributed by atoms with van der Waals surface area (Å²) >= 11 is 0. The van der Waals surface area contributed by atoms with Gasteiger partial charge >= 0.3 is 0 Å². The van der Waals surface area contributed by atoms with Gasteiger partial charge in [0.05, 0.1) is 25.9 Å². The van der Waals surface area contributed by atoms with Gasteiger partial charge in [0.15, 0.2) is 24.7 Å². The monoisotopic (exact) mass is 710 g/mol. The minimum absolute atomic E-state index is 0.0904. The molecule has 1 aliphatic carbocycles. The molecule has 0 spiro atoms. The minimum Gasteiger partial charge on any atom is -0.394 e. The second-order valence-electron chi connectivity index (χ2n) is 13.6. The van der Waals surface area contributed by atoms with Crippen LogP contribution in [0.1, 0.15) is 34.1 Å². The summed E-state index contributed by atoms with van der Waals surface area (Å²) in [4.78, 5) is 12.1. The van der Waals surface area contributed by atoms with Crippen molar-refractivity contribution >= 4 is 5.78 Å². The summed E-state index contributed by atoms with van der Waals surface area (Å²) in [6.45, 7) is 4.25. The van der Waals surface area contributed by atoms with Crippen LogP contribution in [0.2, 0.25) is 0 Å². The summed E-state index contributed by atoms with van der Waals surface area (Å²) in [7, 11) is 0. The Morgan fingerprint density at radius 3 is 1.84 bits per heavy atom. The van der Waals surface area contributed by atoms with Crippen LogP contribution >= 0.6 is 0 Å². The molecule has 18 heteroatoms. The van der Waals surface area contributed by atoms with Crippen LogP contribution < -0.4 is 0 Å². The summed E-state index contributed by atoms with van der Waals surface area (Å²) in [5, 5.41) is 115. The van der Waals surface area contributed by atoms with Gasteiger partial charge in [0.1, 0.15) is 78.8 Å². The lowest BCUT2D eigenvalue weighted by atomic mass is 9.64. The molecule has 3 heterocycles. The number of aliphatic hydroxyl groups excluding tert-OH is 10. The van der Waals surface area contributed by atoms with Gasteiger partial charge in [-0.1, -0.05) is 19.9 Å². The SMILES string of the molecule is CC1=CC(=O)CC(C)(C)C1(O)C=CC(C)OC1OC(CO)C(O)C(OC2OC(CO)C(O)C(O)C2OC2OC(CO)C(O)C(O)C2O)C1O. The lowest BCUT2D eigenvalue weighted by Gasteiger charge is -2.48. The summed E-state index contributed by atoms with van der Waals surface area (Å²) in [6.07, 6.45) is -22.3. The van der Waals surface area contributed by atoms with E-state index in [2.05, 4.69) is 0 Å². The minimum atomic E-state index is -1.93. The molecule has 17 atom stereocenters. The smallest absolute Gasteiger partial charge is 0.187 e. The van der Waals surface area contributed by atoms with Crippen molar-refractivity contribution in [3.05, 3.63) is 23.8 Å². The van der Waals surface area contributed by atoms with Gasteiger partial charge in [-0.25, -0.2) is 0 Å². The molecular weight excluding hydrogens is 660 g/mol. The zero-order chi connectivity index (χ0) is 36.6. The van der Waals surface area contributed by atoms with Gasteiger partial charge in [0.2, 0.25) is 0 Å². The van der Waals surface area contributed by atoms with Gasteiger partial charge in [0.25, 0.3) is 0 Å². The van der Waals surface area contributed by atoms with Crippen LogP contribution in [0.25, 0.3) is 0 Å². The third-order valence-corrected chi connectivity index (χ3v) is 9.66. The highest BCUT2D eigenvalue weighted by atomic mass is 16.8. The molecule has 4 aliphatic rings. The van der Waals surface area contributed by atoms with E-state index in [0.29, 0.717) is 5.57 Å². The van der Waals surface area contributed by atoms with Crippen molar-refractivity contribution in [1.29, 1.82) is 0 Å². The van der Waals surface area contributed by atoms with Gasteiger partial charge in [0, 0.05) is 11.8 Å². The quantitative estimate of drug-likeness (QED) is 0.0896. The molecule has 3 fully saturated rings. The third-order valence-electron chi connectivity index (χ3n) is 9.66. The number of ether oxygens (including phenoxy) is 6. The zero-order valence-electron chi connectivity index (χ0n) is 27.6. The Labute approximate surface area is 282 Å². The van der Waals surface area contributed by atoms with E-state index in [1.165, 1.54) is 18.2 Å². The fraction of sp³-hybridized carbons (Fsp3) is 0.839. The summed E-state index contributed by atoms with van der Waals surface area (Å²) in [5.74, 6) is -0.127. The van der Waals surface area contributed by atoms with Crippen molar-refractivity contribution in [2.45, 2.75) is 138 Å². The van der Waals surface area contributed by atoms with Crippen molar-refractivity contribution in [1.82, 2.24) is 0 Å². The normalized spacial score (nSPS) is 46.9. The fourth-order valence-electron chi connectivity index (χ4n) is 6.52. The first-order valence-corrected chi connectivity index (χ1v) is 16.1. The molecule has 3 aliphatic heterocycles. The molecule has 0 amide bonds. The van der Waals surface area contributed by atoms with Crippen LogP contribution in [-0.4, -0.2) is 186 Å². The first kappa shape index (κ1) is 40.2.